The molecule has 0 aliphatic carbocycles. The molecule has 1 aliphatic rings. The minimum absolute atomic E-state index is 0. The van der Waals surface area contributed by atoms with Crippen LogP contribution in [0.4, 0.5) is 5.69 Å². The number of nitro groups is 1. The highest BCUT2D eigenvalue weighted by molar-refractivity contribution is 14.0. The van der Waals surface area contributed by atoms with E-state index < -0.39 is 4.92 Å². The van der Waals surface area contributed by atoms with Crippen LogP contribution in [-0.2, 0) is 11.3 Å². The van der Waals surface area contributed by atoms with Crippen molar-refractivity contribution in [3.8, 4) is 11.5 Å². The van der Waals surface area contributed by atoms with Gasteiger partial charge in [0.2, 0.25) is 0 Å². The third-order valence-corrected chi connectivity index (χ3v) is 5.34. The van der Waals surface area contributed by atoms with E-state index in [4.69, 9.17) is 14.2 Å². The molecule has 0 bridgehead atoms. The van der Waals surface area contributed by atoms with Crippen molar-refractivity contribution in [2.45, 2.75) is 38.5 Å². The smallest absolute Gasteiger partial charge is 0.269 e. The lowest BCUT2D eigenvalue weighted by Gasteiger charge is -2.22. The minimum Gasteiger partial charge on any atom is -0.497 e. The number of guanidine groups is 1. The van der Waals surface area contributed by atoms with Crippen LogP contribution in [0.3, 0.4) is 0 Å². The number of benzene rings is 2. The quantitative estimate of drug-likeness (QED) is 0.153. The number of ether oxygens (including phenoxy) is 3. The molecule has 3 rings (SSSR count). The van der Waals surface area contributed by atoms with Gasteiger partial charge >= 0.3 is 0 Å². The highest BCUT2D eigenvalue weighted by atomic mass is 127. The molecular formula is C23H31IN4O5. The van der Waals surface area contributed by atoms with Crippen LogP contribution in [0.25, 0.3) is 0 Å². The van der Waals surface area contributed by atoms with Gasteiger partial charge in [-0.05, 0) is 43.5 Å². The van der Waals surface area contributed by atoms with Crippen LogP contribution in [-0.4, -0.2) is 44.4 Å². The van der Waals surface area contributed by atoms with E-state index in [-0.39, 0.29) is 41.8 Å². The van der Waals surface area contributed by atoms with Gasteiger partial charge in [0, 0.05) is 30.8 Å². The first-order valence-electron chi connectivity index (χ1n) is 10.6. The summed E-state index contributed by atoms with van der Waals surface area (Å²) in [6.07, 6.45) is 2.23. The van der Waals surface area contributed by atoms with Gasteiger partial charge in [0.15, 0.2) is 5.96 Å². The molecule has 2 unspecified atom stereocenters. The normalized spacial score (nSPS) is 16.5. The number of nitrogens with zero attached hydrogens (tertiary/aromatic N) is 2. The van der Waals surface area contributed by atoms with Gasteiger partial charge in [-0.2, -0.15) is 0 Å². The summed E-state index contributed by atoms with van der Waals surface area (Å²) < 4.78 is 16.6. The molecule has 0 saturated carbocycles. The highest BCUT2D eigenvalue weighted by Crippen LogP contribution is 2.29. The fourth-order valence-electron chi connectivity index (χ4n) is 3.52. The molecule has 33 heavy (non-hydrogen) atoms. The Hall–Kier alpha value is -2.60. The van der Waals surface area contributed by atoms with Gasteiger partial charge in [-0.25, -0.2) is 4.99 Å². The maximum absolute atomic E-state index is 10.9. The minimum atomic E-state index is -0.410. The molecule has 1 aliphatic heterocycles. The molecule has 0 amide bonds. The lowest BCUT2D eigenvalue weighted by Crippen LogP contribution is -2.42. The summed E-state index contributed by atoms with van der Waals surface area (Å²) in [5.74, 6) is 2.11. The first kappa shape index (κ1) is 26.7. The predicted molar refractivity (Wildman–Crippen MR) is 138 cm³/mol. The average Bonchev–Trinajstić information content (AvgIpc) is 3.34. The second-order valence-corrected chi connectivity index (χ2v) is 7.58. The summed E-state index contributed by atoms with van der Waals surface area (Å²) in [6.45, 7) is 3.83. The van der Waals surface area contributed by atoms with Crippen LogP contribution in [0.15, 0.2) is 47.5 Å². The molecule has 9 nitrogen and oxygen atoms in total. The molecular weight excluding hydrogens is 539 g/mol. The predicted octanol–water partition coefficient (Wildman–Crippen LogP) is 4.21. The van der Waals surface area contributed by atoms with E-state index in [0.717, 1.165) is 42.1 Å². The fourth-order valence-corrected chi connectivity index (χ4v) is 3.52. The van der Waals surface area contributed by atoms with E-state index in [1.54, 1.807) is 26.4 Å². The van der Waals surface area contributed by atoms with Crippen molar-refractivity contribution in [3.05, 3.63) is 63.7 Å². The third kappa shape index (κ3) is 7.74. The highest BCUT2D eigenvalue weighted by Gasteiger charge is 2.18. The van der Waals surface area contributed by atoms with Crippen LogP contribution < -0.4 is 20.1 Å². The summed E-state index contributed by atoms with van der Waals surface area (Å²) in [5.41, 5.74) is 1.88. The second kappa shape index (κ2) is 13.2. The van der Waals surface area contributed by atoms with Gasteiger partial charge in [-0.1, -0.05) is 12.1 Å². The Bertz CT molecular complexity index is 933. The molecule has 2 atom stereocenters. The molecule has 10 heteroatoms. The molecule has 0 aromatic heterocycles. The molecule has 1 heterocycles. The summed E-state index contributed by atoms with van der Waals surface area (Å²) in [6, 6.07) is 12.0. The Balaban J connectivity index is 0.00000385. The number of nitrogens with one attached hydrogen (secondary N) is 2. The number of methoxy groups -OCH3 is 2. The monoisotopic (exact) mass is 570 g/mol. The standard InChI is InChI=1S/C23H30N4O5.HI/c1-16(21-13-19(30-2)10-11-22(21)31-3)26-23(25-15-20-5-4-12-32-20)24-14-17-6-8-18(9-7-17)27(28)29;/h6-11,13,16,20H,4-5,12,14-15H2,1-3H3,(H2,24,25,26);1H. The summed E-state index contributed by atoms with van der Waals surface area (Å²) in [5, 5.41) is 17.7. The fraction of sp³-hybridized carbons (Fsp3) is 0.435. The summed E-state index contributed by atoms with van der Waals surface area (Å²) >= 11 is 0. The zero-order valence-electron chi connectivity index (χ0n) is 19.1. The molecule has 2 aromatic rings. The van der Waals surface area contributed by atoms with E-state index >= 15 is 0 Å². The lowest BCUT2D eigenvalue weighted by molar-refractivity contribution is -0.384. The molecule has 0 radical (unpaired) electrons. The van der Waals surface area contributed by atoms with Gasteiger partial charge in [0.05, 0.1) is 37.8 Å². The van der Waals surface area contributed by atoms with E-state index in [2.05, 4.69) is 15.6 Å². The Labute approximate surface area is 211 Å². The van der Waals surface area contributed by atoms with Crippen molar-refractivity contribution in [2.75, 3.05) is 27.4 Å². The number of non-ortho nitro benzene ring substituents is 1. The topological polar surface area (TPSA) is 107 Å². The molecule has 0 spiro atoms. The zero-order valence-corrected chi connectivity index (χ0v) is 21.4. The Morgan fingerprint density at radius 2 is 2.00 bits per heavy atom. The number of aliphatic imine (C=N–C) groups is 1. The number of halogens is 1. The first-order valence-corrected chi connectivity index (χ1v) is 10.6. The molecule has 1 fully saturated rings. The van der Waals surface area contributed by atoms with E-state index in [1.807, 2.05) is 25.1 Å². The van der Waals surface area contributed by atoms with Gasteiger partial charge in [0.25, 0.3) is 5.69 Å². The molecule has 2 N–H and O–H groups in total. The number of hydrogen-bond donors (Lipinski definition) is 2. The first-order chi connectivity index (χ1) is 15.5. The Morgan fingerprint density at radius 3 is 2.61 bits per heavy atom. The van der Waals surface area contributed by atoms with Crippen LogP contribution in [0, 0.1) is 10.1 Å². The van der Waals surface area contributed by atoms with Crippen molar-refractivity contribution >= 4 is 35.6 Å². The summed E-state index contributed by atoms with van der Waals surface area (Å²) in [7, 11) is 3.27. The average molecular weight is 570 g/mol. The van der Waals surface area contributed by atoms with Crippen LogP contribution >= 0.6 is 24.0 Å². The van der Waals surface area contributed by atoms with E-state index in [9.17, 15) is 10.1 Å². The Kier molecular flexibility index (Phi) is 10.7. The molecule has 2 aromatic carbocycles. The summed E-state index contributed by atoms with van der Waals surface area (Å²) in [4.78, 5) is 15.1. The van der Waals surface area contributed by atoms with E-state index in [0.29, 0.717) is 19.0 Å². The number of nitro benzene ring substituents is 1. The maximum atomic E-state index is 10.9. The van der Waals surface area contributed by atoms with Gasteiger partial charge in [-0.15, -0.1) is 24.0 Å². The van der Waals surface area contributed by atoms with Crippen LogP contribution in [0.5, 0.6) is 11.5 Å². The van der Waals surface area contributed by atoms with E-state index in [1.165, 1.54) is 12.1 Å². The van der Waals surface area contributed by atoms with Crippen molar-refractivity contribution in [2.24, 2.45) is 4.99 Å². The molecule has 180 valence electrons. The van der Waals surface area contributed by atoms with Crippen molar-refractivity contribution in [1.29, 1.82) is 0 Å². The number of hydrogen-bond acceptors (Lipinski definition) is 6. The Morgan fingerprint density at radius 1 is 1.24 bits per heavy atom. The van der Waals surface area contributed by atoms with Crippen molar-refractivity contribution in [3.63, 3.8) is 0 Å². The van der Waals surface area contributed by atoms with Crippen molar-refractivity contribution < 1.29 is 19.1 Å². The SMILES string of the molecule is COc1ccc(OC)c(C(C)NC(=NCc2ccc([N+](=O)[O-])cc2)NCC2CCCO2)c1.I. The van der Waals surface area contributed by atoms with Crippen LogP contribution in [0.2, 0.25) is 0 Å². The van der Waals surface area contributed by atoms with Gasteiger partial charge in [0.1, 0.15) is 11.5 Å². The maximum Gasteiger partial charge on any atom is 0.269 e. The van der Waals surface area contributed by atoms with Crippen molar-refractivity contribution in [1.82, 2.24) is 10.6 Å². The lowest BCUT2D eigenvalue weighted by atomic mass is 10.1. The second-order valence-electron chi connectivity index (χ2n) is 7.58. The molecule has 1 saturated heterocycles. The van der Waals surface area contributed by atoms with Gasteiger partial charge in [-0.3, -0.25) is 10.1 Å². The third-order valence-electron chi connectivity index (χ3n) is 5.34. The van der Waals surface area contributed by atoms with Gasteiger partial charge < -0.3 is 24.8 Å². The largest absolute Gasteiger partial charge is 0.497 e. The zero-order chi connectivity index (χ0) is 22.9. The van der Waals surface area contributed by atoms with Crippen LogP contribution in [0.1, 0.15) is 36.9 Å². The number of rotatable bonds is 9.